The highest BCUT2D eigenvalue weighted by atomic mass is 35.5. The fraction of sp³-hybridized carbons (Fsp3) is 0.263. The molecule has 0 spiro atoms. The molecule has 26 heavy (non-hydrogen) atoms. The van der Waals surface area contributed by atoms with Crippen LogP contribution in [0.1, 0.15) is 12.0 Å². The maximum atomic E-state index is 12.3. The van der Waals surface area contributed by atoms with Crippen molar-refractivity contribution in [1.82, 2.24) is 0 Å². The molecule has 0 unspecified atom stereocenters. The second kappa shape index (κ2) is 9.10. The lowest BCUT2D eigenvalue weighted by Gasteiger charge is -2.18. The van der Waals surface area contributed by atoms with Crippen LogP contribution in [0.25, 0.3) is 0 Å². The van der Waals surface area contributed by atoms with E-state index in [-0.39, 0.29) is 12.8 Å². The molecular weight excluding hydrogens is 358 g/mol. The Labute approximate surface area is 156 Å². The molecule has 0 saturated heterocycles. The number of carbonyl (C=O) groups is 2. The first-order valence-corrected chi connectivity index (χ1v) is 8.28. The molecule has 0 heterocycles. The summed E-state index contributed by atoms with van der Waals surface area (Å²) >= 11 is 5.82. The van der Waals surface area contributed by atoms with E-state index in [1.54, 1.807) is 42.5 Å². The zero-order valence-electron chi connectivity index (χ0n) is 14.5. The standard InChI is InChI=1S/C19H20ClNO5/c1-25-15-7-8-17(26-2)16(11-15)21-18(22)10-13(19(23)24)9-12-3-5-14(20)6-4-12/h3-8,11,13H,9-10H2,1-2H3,(H,21,22)(H,23,24)/p-1/t13-/m0/s1. The smallest absolute Gasteiger partial charge is 0.225 e. The number of halogens is 1. The number of ether oxygens (including phenoxy) is 2. The van der Waals surface area contributed by atoms with Crippen molar-refractivity contribution in [2.45, 2.75) is 12.8 Å². The van der Waals surface area contributed by atoms with Gasteiger partial charge in [0.2, 0.25) is 5.91 Å². The number of carboxylic acids is 1. The maximum Gasteiger partial charge on any atom is 0.225 e. The Balaban J connectivity index is 2.08. The van der Waals surface area contributed by atoms with E-state index in [9.17, 15) is 14.7 Å². The van der Waals surface area contributed by atoms with E-state index in [1.165, 1.54) is 14.2 Å². The number of methoxy groups -OCH3 is 2. The normalized spacial score (nSPS) is 11.5. The van der Waals surface area contributed by atoms with Gasteiger partial charge in [-0.25, -0.2) is 0 Å². The van der Waals surface area contributed by atoms with Gasteiger partial charge in [0.05, 0.1) is 19.9 Å². The monoisotopic (exact) mass is 376 g/mol. The molecule has 1 amide bonds. The Morgan fingerprint density at radius 3 is 2.38 bits per heavy atom. The summed E-state index contributed by atoms with van der Waals surface area (Å²) in [4.78, 5) is 23.7. The predicted octanol–water partition coefficient (Wildman–Crippen LogP) is 2.29. The molecule has 0 aliphatic carbocycles. The van der Waals surface area contributed by atoms with Crippen molar-refractivity contribution in [2.24, 2.45) is 5.92 Å². The fourth-order valence-electron chi connectivity index (χ4n) is 2.48. The number of benzene rings is 2. The lowest BCUT2D eigenvalue weighted by atomic mass is 9.96. The zero-order chi connectivity index (χ0) is 19.1. The Bertz CT molecular complexity index is 776. The van der Waals surface area contributed by atoms with E-state index in [0.717, 1.165) is 5.56 Å². The van der Waals surface area contributed by atoms with Crippen LogP contribution in [0.15, 0.2) is 42.5 Å². The Hall–Kier alpha value is -2.73. The number of amides is 1. The summed E-state index contributed by atoms with van der Waals surface area (Å²) in [6.07, 6.45) is -0.0620. The van der Waals surface area contributed by atoms with Crippen molar-refractivity contribution < 1.29 is 24.2 Å². The number of anilines is 1. The van der Waals surface area contributed by atoms with Crippen LogP contribution < -0.4 is 19.9 Å². The Kier molecular flexibility index (Phi) is 6.86. The minimum absolute atomic E-state index is 0.169. The summed E-state index contributed by atoms with van der Waals surface area (Å²) in [7, 11) is 2.98. The molecule has 0 aliphatic rings. The van der Waals surface area contributed by atoms with E-state index in [0.29, 0.717) is 22.2 Å². The predicted molar refractivity (Wildman–Crippen MR) is 96.4 cm³/mol. The lowest BCUT2D eigenvalue weighted by molar-refractivity contribution is -0.311. The van der Waals surface area contributed by atoms with E-state index in [2.05, 4.69) is 5.32 Å². The maximum absolute atomic E-state index is 12.3. The first-order chi connectivity index (χ1) is 12.4. The van der Waals surface area contributed by atoms with Crippen LogP contribution in [0, 0.1) is 5.92 Å². The van der Waals surface area contributed by atoms with Crippen LogP contribution in [0.5, 0.6) is 11.5 Å². The molecule has 0 aromatic heterocycles. The molecule has 2 aromatic carbocycles. The average Bonchev–Trinajstić information content (AvgIpc) is 2.62. The largest absolute Gasteiger partial charge is 0.550 e. The number of carboxylic acid groups (broad SMARTS) is 1. The zero-order valence-corrected chi connectivity index (χ0v) is 15.2. The Morgan fingerprint density at radius 2 is 1.81 bits per heavy atom. The molecule has 6 nitrogen and oxygen atoms in total. The van der Waals surface area contributed by atoms with Crippen LogP contribution in [0.2, 0.25) is 5.02 Å². The van der Waals surface area contributed by atoms with Crippen molar-refractivity contribution in [3.8, 4) is 11.5 Å². The molecule has 0 fully saturated rings. The van der Waals surface area contributed by atoms with Crippen molar-refractivity contribution in [3.05, 3.63) is 53.1 Å². The third kappa shape index (κ3) is 5.39. The van der Waals surface area contributed by atoms with Crippen LogP contribution in [0.4, 0.5) is 5.69 Å². The SMILES string of the molecule is COc1ccc(OC)c(NC(=O)C[C@H](Cc2ccc(Cl)cc2)C(=O)[O-])c1. The topological polar surface area (TPSA) is 87.7 Å². The highest BCUT2D eigenvalue weighted by molar-refractivity contribution is 6.30. The van der Waals surface area contributed by atoms with Crippen LogP contribution in [-0.4, -0.2) is 26.1 Å². The molecule has 138 valence electrons. The highest BCUT2D eigenvalue weighted by Crippen LogP contribution is 2.29. The fourth-order valence-corrected chi connectivity index (χ4v) is 2.61. The van der Waals surface area contributed by atoms with Gasteiger partial charge in [-0.1, -0.05) is 23.7 Å². The van der Waals surface area contributed by atoms with Gasteiger partial charge in [-0.3, -0.25) is 4.79 Å². The quantitative estimate of drug-likeness (QED) is 0.763. The average molecular weight is 377 g/mol. The van der Waals surface area contributed by atoms with Gasteiger partial charge < -0.3 is 24.7 Å². The molecule has 2 rings (SSSR count). The van der Waals surface area contributed by atoms with Crippen molar-refractivity contribution >= 4 is 29.2 Å². The molecule has 1 N–H and O–H groups in total. The molecule has 7 heteroatoms. The second-order valence-electron chi connectivity index (χ2n) is 5.67. The summed E-state index contributed by atoms with van der Waals surface area (Å²) in [5.74, 6) is -1.72. The first-order valence-electron chi connectivity index (χ1n) is 7.90. The van der Waals surface area contributed by atoms with E-state index >= 15 is 0 Å². The number of hydrogen-bond acceptors (Lipinski definition) is 5. The van der Waals surface area contributed by atoms with Gasteiger partial charge in [0.1, 0.15) is 11.5 Å². The van der Waals surface area contributed by atoms with Crippen LogP contribution in [-0.2, 0) is 16.0 Å². The van der Waals surface area contributed by atoms with Crippen molar-refractivity contribution in [3.63, 3.8) is 0 Å². The minimum atomic E-state index is -1.28. The van der Waals surface area contributed by atoms with E-state index in [1.807, 2.05) is 0 Å². The van der Waals surface area contributed by atoms with Crippen LogP contribution >= 0.6 is 11.6 Å². The minimum Gasteiger partial charge on any atom is -0.550 e. The van der Waals surface area contributed by atoms with Gasteiger partial charge in [-0.2, -0.15) is 0 Å². The summed E-state index contributed by atoms with van der Waals surface area (Å²) in [6, 6.07) is 11.7. The van der Waals surface area contributed by atoms with E-state index in [4.69, 9.17) is 21.1 Å². The van der Waals surface area contributed by atoms with Crippen molar-refractivity contribution in [1.29, 1.82) is 0 Å². The van der Waals surface area contributed by atoms with Gasteiger partial charge in [-0.05, 0) is 36.2 Å². The summed E-state index contributed by atoms with van der Waals surface area (Å²) in [5.41, 5.74) is 1.16. The number of rotatable bonds is 8. The van der Waals surface area contributed by atoms with Crippen molar-refractivity contribution in [2.75, 3.05) is 19.5 Å². The number of hydrogen-bond donors (Lipinski definition) is 1. The molecule has 1 atom stereocenters. The molecule has 0 radical (unpaired) electrons. The molecular formula is C19H19ClNO5-. The van der Waals surface area contributed by atoms with Crippen LogP contribution in [0.3, 0.4) is 0 Å². The van der Waals surface area contributed by atoms with Gasteiger partial charge in [0.15, 0.2) is 0 Å². The molecule has 2 aromatic rings. The molecule has 0 bridgehead atoms. The van der Waals surface area contributed by atoms with Gasteiger partial charge in [0, 0.05) is 29.4 Å². The highest BCUT2D eigenvalue weighted by Gasteiger charge is 2.17. The number of nitrogens with one attached hydrogen (secondary N) is 1. The number of aliphatic carboxylic acids is 1. The summed E-state index contributed by atoms with van der Waals surface area (Å²) < 4.78 is 10.3. The molecule has 0 saturated carbocycles. The molecule has 0 aliphatic heterocycles. The van der Waals surface area contributed by atoms with Gasteiger partial charge in [0.25, 0.3) is 0 Å². The van der Waals surface area contributed by atoms with Gasteiger partial charge in [-0.15, -0.1) is 0 Å². The Morgan fingerprint density at radius 1 is 1.12 bits per heavy atom. The van der Waals surface area contributed by atoms with Gasteiger partial charge >= 0.3 is 0 Å². The third-order valence-electron chi connectivity index (χ3n) is 3.84. The van der Waals surface area contributed by atoms with E-state index < -0.39 is 17.8 Å². The summed E-state index contributed by atoms with van der Waals surface area (Å²) in [6.45, 7) is 0. The third-order valence-corrected chi connectivity index (χ3v) is 4.09. The lowest BCUT2D eigenvalue weighted by Crippen LogP contribution is -2.35. The summed E-state index contributed by atoms with van der Waals surface area (Å²) in [5, 5.41) is 14.6. The first kappa shape index (κ1) is 19.6. The number of carbonyl (C=O) groups excluding carboxylic acids is 2. The second-order valence-corrected chi connectivity index (χ2v) is 6.10.